The number of ether oxygens (including phenoxy) is 1. The van der Waals surface area contributed by atoms with Crippen molar-refractivity contribution in [3.05, 3.63) is 60.0 Å². The minimum atomic E-state index is 0.0902. The van der Waals surface area contributed by atoms with Crippen molar-refractivity contribution in [2.24, 2.45) is 0 Å². The van der Waals surface area contributed by atoms with Crippen molar-refractivity contribution < 1.29 is 9.53 Å². The van der Waals surface area contributed by atoms with Crippen LogP contribution in [0.2, 0.25) is 0 Å². The minimum Gasteiger partial charge on any atom is -0.496 e. The van der Waals surface area contributed by atoms with Crippen LogP contribution >= 0.6 is 54.5 Å². The molecule has 0 unspecified atom stereocenters. The average Bonchev–Trinajstić information content (AvgIpc) is 2.41. The SMILES string of the molecule is COc1ccc(CC(=O)c2cc(I)ccc2Br)cc1Br. The van der Waals surface area contributed by atoms with Gasteiger partial charge in [-0.05, 0) is 74.4 Å². The molecule has 0 saturated heterocycles. The topological polar surface area (TPSA) is 26.3 Å². The Labute approximate surface area is 148 Å². The second-order valence-corrected chi connectivity index (χ2v) is 7.15. The summed E-state index contributed by atoms with van der Waals surface area (Å²) in [6.45, 7) is 0. The highest BCUT2D eigenvalue weighted by atomic mass is 127. The van der Waals surface area contributed by atoms with Crippen molar-refractivity contribution in [1.29, 1.82) is 0 Å². The van der Waals surface area contributed by atoms with Crippen LogP contribution in [0.3, 0.4) is 0 Å². The molecule has 0 fully saturated rings. The van der Waals surface area contributed by atoms with Crippen molar-refractivity contribution in [3.63, 3.8) is 0 Å². The van der Waals surface area contributed by atoms with E-state index in [0.717, 1.165) is 23.8 Å². The molecule has 0 amide bonds. The lowest BCUT2D eigenvalue weighted by Gasteiger charge is -2.07. The number of methoxy groups -OCH3 is 1. The fraction of sp³-hybridized carbons (Fsp3) is 0.133. The highest BCUT2D eigenvalue weighted by molar-refractivity contribution is 14.1. The van der Waals surface area contributed by atoms with Crippen molar-refractivity contribution in [3.8, 4) is 5.75 Å². The normalized spacial score (nSPS) is 10.4. The van der Waals surface area contributed by atoms with Crippen LogP contribution in [-0.4, -0.2) is 12.9 Å². The van der Waals surface area contributed by atoms with Crippen LogP contribution in [0.5, 0.6) is 5.75 Å². The first-order valence-electron chi connectivity index (χ1n) is 5.82. The molecular formula is C15H11Br2IO2. The van der Waals surface area contributed by atoms with E-state index >= 15 is 0 Å². The first-order valence-corrected chi connectivity index (χ1v) is 8.48. The number of halogens is 3. The number of benzene rings is 2. The number of ketones is 1. The van der Waals surface area contributed by atoms with Crippen LogP contribution < -0.4 is 4.74 Å². The molecule has 2 aromatic carbocycles. The molecular weight excluding hydrogens is 499 g/mol. The van der Waals surface area contributed by atoms with E-state index in [9.17, 15) is 4.79 Å². The minimum absolute atomic E-state index is 0.0902. The van der Waals surface area contributed by atoms with E-state index in [1.807, 2.05) is 36.4 Å². The summed E-state index contributed by atoms with van der Waals surface area (Å²) in [6.07, 6.45) is 0.362. The molecule has 0 spiro atoms. The van der Waals surface area contributed by atoms with Gasteiger partial charge in [0.1, 0.15) is 5.75 Å². The molecule has 20 heavy (non-hydrogen) atoms. The van der Waals surface area contributed by atoms with Gasteiger partial charge >= 0.3 is 0 Å². The number of hydrogen-bond donors (Lipinski definition) is 0. The summed E-state index contributed by atoms with van der Waals surface area (Å²) in [5.41, 5.74) is 1.66. The molecule has 0 aliphatic rings. The first-order chi connectivity index (χ1) is 9.51. The van der Waals surface area contributed by atoms with E-state index in [-0.39, 0.29) is 5.78 Å². The Morgan fingerprint density at radius 2 is 1.90 bits per heavy atom. The predicted molar refractivity (Wildman–Crippen MR) is 95.6 cm³/mol. The summed E-state index contributed by atoms with van der Waals surface area (Å²) in [4.78, 5) is 12.4. The van der Waals surface area contributed by atoms with Crippen LogP contribution in [0.1, 0.15) is 15.9 Å². The fourth-order valence-corrected chi connectivity index (χ4v) is 3.36. The highest BCUT2D eigenvalue weighted by Crippen LogP contribution is 2.27. The van der Waals surface area contributed by atoms with Gasteiger partial charge in [-0.1, -0.05) is 22.0 Å². The van der Waals surface area contributed by atoms with E-state index in [0.29, 0.717) is 12.0 Å². The molecule has 2 aromatic rings. The maximum atomic E-state index is 12.4. The van der Waals surface area contributed by atoms with Crippen molar-refractivity contribution >= 4 is 60.2 Å². The van der Waals surface area contributed by atoms with Gasteiger partial charge in [0.05, 0.1) is 11.6 Å². The number of Topliss-reactive ketones (excluding diaryl/α,β-unsaturated/α-hetero) is 1. The van der Waals surface area contributed by atoms with Gasteiger partial charge in [-0.15, -0.1) is 0 Å². The zero-order valence-corrected chi connectivity index (χ0v) is 16.0. The fourth-order valence-electron chi connectivity index (χ4n) is 1.81. The molecule has 0 aliphatic heterocycles. The number of hydrogen-bond acceptors (Lipinski definition) is 2. The first kappa shape index (κ1) is 16.0. The summed E-state index contributed by atoms with van der Waals surface area (Å²) in [6, 6.07) is 11.4. The Bertz CT molecular complexity index is 656. The quantitative estimate of drug-likeness (QED) is 0.416. The van der Waals surface area contributed by atoms with Crippen molar-refractivity contribution in [1.82, 2.24) is 0 Å². The molecule has 0 aliphatic carbocycles. The standard InChI is InChI=1S/C15H11Br2IO2/c1-20-15-5-2-9(6-13(15)17)7-14(19)11-8-10(18)3-4-12(11)16/h2-6,8H,7H2,1H3. The molecule has 0 aromatic heterocycles. The van der Waals surface area contributed by atoms with Crippen LogP contribution in [0.15, 0.2) is 45.3 Å². The third-order valence-electron chi connectivity index (χ3n) is 2.81. The largest absolute Gasteiger partial charge is 0.496 e. The molecule has 0 bridgehead atoms. The maximum absolute atomic E-state index is 12.4. The molecule has 0 heterocycles. The van der Waals surface area contributed by atoms with Gasteiger partial charge in [-0.3, -0.25) is 4.79 Å². The number of carbonyl (C=O) groups excluding carboxylic acids is 1. The Hall–Kier alpha value is -0.400. The highest BCUT2D eigenvalue weighted by Gasteiger charge is 2.12. The molecule has 2 nitrogen and oxygen atoms in total. The second-order valence-electron chi connectivity index (χ2n) is 4.19. The van der Waals surface area contributed by atoms with Gasteiger partial charge in [0.25, 0.3) is 0 Å². The zero-order valence-electron chi connectivity index (χ0n) is 10.6. The third kappa shape index (κ3) is 3.83. The Morgan fingerprint density at radius 1 is 1.15 bits per heavy atom. The van der Waals surface area contributed by atoms with E-state index < -0.39 is 0 Å². The van der Waals surface area contributed by atoms with Gasteiger partial charge in [0.15, 0.2) is 5.78 Å². The van der Waals surface area contributed by atoms with Gasteiger partial charge < -0.3 is 4.74 Å². The van der Waals surface area contributed by atoms with Crippen LogP contribution in [-0.2, 0) is 6.42 Å². The molecule has 2 rings (SSSR count). The number of rotatable bonds is 4. The lowest BCUT2D eigenvalue weighted by molar-refractivity contribution is 0.0992. The van der Waals surface area contributed by atoms with Crippen LogP contribution in [0, 0.1) is 3.57 Å². The van der Waals surface area contributed by atoms with Gasteiger partial charge in [-0.25, -0.2) is 0 Å². The predicted octanol–water partition coefficient (Wildman–Crippen LogP) is 5.25. The lowest BCUT2D eigenvalue weighted by Crippen LogP contribution is -2.05. The lowest BCUT2D eigenvalue weighted by atomic mass is 10.0. The summed E-state index contributed by atoms with van der Waals surface area (Å²) in [7, 11) is 1.62. The van der Waals surface area contributed by atoms with Gasteiger partial charge in [0, 0.05) is 20.0 Å². The van der Waals surface area contributed by atoms with E-state index in [1.54, 1.807) is 7.11 Å². The van der Waals surface area contributed by atoms with Crippen LogP contribution in [0.25, 0.3) is 0 Å². The molecule has 104 valence electrons. The van der Waals surface area contributed by atoms with E-state index in [1.165, 1.54) is 0 Å². The maximum Gasteiger partial charge on any atom is 0.168 e. The Balaban J connectivity index is 2.23. The molecule has 5 heteroatoms. The third-order valence-corrected chi connectivity index (χ3v) is 4.79. The van der Waals surface area contributed by atoms with Crippen molar-refractivity contribution in [2.75, 3.05) is 7.11 Å². The van der Waals surface area contributed by atoms with Crippen molar-refractivity contribution in [2.45, 2.75) is 6.42 Å². The van der Waals surface area contributed by atoms with E-state index in [4.69, 9.17) is 4.74 Å². The zero-order chi connectivity index (χ0) is 14.7. The summed E-state index contributed by atoms with van der Waals surface area (Å²) < 4.78 is 7.91. The summed E-state index contributed by atoms with van der Waals surface area (Å²) >= 11 is 9.07. The van der Waals surface area contributed by atoms with Gasteiger partial charge in [-0.2, -0.15) is 0 Å². The Kier molecular flexibility index (Phi) is 5.63. The Morgan fingerprint density at radius 3 is 2.55 bits per heavy atom. The summed E-state index contributed by atoms with van der Waals surface area (Å²) in [5, 5.41) is 0. The average molecular weight is 510 g/mol. The molecule has 0 radical (unpaired) electrons. The number of carbonyl (C=O) groups is 1. The molecule has 0 atom stereocenters. The van der Waals surface area contributed by atoms with Gasteiger partial charge in [0.2, 0.25) is 0 Å². The smallest absolute Gasteiger partial charge is 0.168 e. The molecule has 0 saturated carbocycles. The second kappa shape index (κ2) is 7.04. The summed E-state index contributed by atoms with van der Waals surface area (Å²) in [5.74, 6) is 0.851. The van der Waals surface area contributed by atoms with Crippen LogP contribution in [0.4, 0.5) is 0 Å². The van der Waals surface area contributed by atoms with E-state index in [2.05, 4.69) is 54.5 Å². The molecule has 0 N–H and O–H groups in total. The monoisotopic (exact) mass is 508 g/mol.